The van der Waals surface area contributed by atoms with Crippen molar-refractivity contribution in [1.29, 1.82) is 0 Å². The molecule has 2 fully saturated rings. The van der Waals surface area contributed by atoms with Gasteiger partial charge in [0.05, 0.1) is 12.5 Å². The number of benzene rings is 2. The zero-order valence-electron chi connectivity index (χ0n) is 15.3. The quantitative estimate of drug-likeness (QED) is 0.781. The van der Waals surface area contributed by atoms with Crippen LogP contribution in [0.15, 0.2) is 60.7 Å². The monoisotopic (exact) mass is 364 g/mol. The molecule has 27 heavy (non-hydrogen) atoms. The number of cyclic esters (lactones) is 1. The largest absolute Gasteiger partial charge is 0.464 e. The van der Waals surface area contributed by atoms with Crippen LogP contribution in [0.5, 0.6) is 0 Å². The van der Waals surface area contributed by atoms with Gasteiger partial charge in [-0.15, -0.1) is 0 Å². The molecule has 5 nitrogen and oxygen atoms in total. The first kappa shape index (κ1) is 17.7. The molecule has 0 aromatic heterocycles. The van der Waals surface area contributed by atoms with Gasteiger partial charge in [-0.3, -0.25) is 14.5 Å². The van der Waals surface area contributed by atoms with E-state index < -0.39 is 0 Å². The molecular weight excluding hydrogens is 340 g/mol. The maximum absolute atomic E-state index is 13.4. The molecular formula is C22H24N2O3. The van der Waals surface area contributed by atoms with Crippen molar-refractivity contribution in [2.24, 2.45) is 0 Å². The van der Waals surface area contributed by atoms with Crippen molar-refractivity contribution in [1.82, 2.24) is 9.80 Å². The SMILES string of the molecule is O=C1OCC[C@@H]1N1CCN(C(=O)C(c2ccccc2)c2ccccc2)CC1. The molecule has 5 heteroatoms. The van der Waals surface area contributed by atoms with E-state index in [1.807, 2.05) is 65.6 Å². The Hall–Kier alpha value is -2.66. The molecule has 0 aliphatic carbocycles. The van der Waals surface area contributed by atoms with Crippen LogP contribution in [-0.4, -0.2) is 60.5 Å². The van der Waals surface area contributed by atoms with E-state index in [1.165, 1.54) is 0 Å². The van der Waals surface area contributed by atoms with Crippen LogP contribution < -0.4 is 0 Å². The second-order valence-electron chi connectivity index (χ2n) is 7.09. The summed E-state index contributed by atoms with van der Waals surface area (Å²) in [5, 5.41) is 0. The van der Waals surface area contributed by atoms with Crippen LogP contribution in [0, 0.1) is 0 Å². The molecule has 4 rings (SSSR count). The Morgan fingerprint density at radius 3 is 1.93 bits per heavy atom. The second-order valence-corrected chi connectivity index (χ2v) is 7.09. The van der Waals surface area contributed by atoms with E-state index in [1.54, 1.807) is 0 Å². The third-order valence-corrected chi connectivity index (χ3v) is 5.49. The van der Waals surface area contributed by atoms with Crippen LogP contribution in [0.1, 0.15) is 23.5 Å². The Bertz CT molecular complexity index is 746. The van der Waals surface area contributed by atoms with Crippen molar-refractivity contribution in [2.45, 2.75) is 18.4 Å². The highest BCUT2D eigenvalue weighted by molar-refractivity contribution is 5.87. The van der Waals surface area contributed by atoms with Crippen LogP contribution in [0.3, 0.4) is 0 Å². The lowest BCUT2D eigenvalue weighted by atomic mass is 9.90. The molecule has 2 aliphatic rings. The maximum Gasteiger partial charge on any atom is 0.323 e. The van der Waals surface area contributed by atoms with E-state index in [0.717, 1.165) is 17.5 Å². The number of hydrogen-bond donors (Lipinski definition) is 0. The fourth-order valence-corrected chi connectivity index (χ4v) is 4.02. The smallest absolute Gasteiger partial charge is 0.323 e. The number of nitrogens with zero attached hydrogens (tertiary/aromatic N) is 2. The molecule has 0 unspecified atom stereocenters. The molecule has 2 aliphatic heterocycles. The normalized spacial score (nSPS) is 20.7. The molecule has 2 saturated heterocycles. The molecule has 2 aromatic rings. The van der Waals surface area contributed by atoms with Crippen LogP contribution in [0.25, 0.3) is 0 Å². The molecule has 0 radical (unpaired) electrons. The molecule has 2 heterocycles. The van der Waals surface area contributed by atoms with Gasteiger partial charge in [0.1, 0.15) is 6.04 Å². The van der Waals surface area contributed by atoms with Crippen molar-refractivity contribution >= 4 is 11.9 Å². The minimum absolute atomic E-state index is 0.124. The third kappa shape index (κ3) is 3.74. The number of rotatable bonds is 4. The van der Waals surface area contributed by atoms with Gasteiger partial charge in [-0.1, -0.05) is 60.7 Å². The van der Waals surface area contributed by atoms with Crippen molar-refractivity contribution in [3.8, 4) is 0 Å². The van der Waals surface area contributed by atoms with E-state index in [2.05, 4.69) is 4.90 Å². The number of amides is 1. The Morgan fingerprint density at radius 1 is 0.889 bits per heavy atom. The van der Waals surface area contributed by atoms with Crippen LogP contribution in [-0.2, 0) is 14.3 Å². The predicted molar refractivity (Wildman–Crippen MR) is 102 cm³/mol. The van der Waals surface area contributed by atoms with Gasteiger partial charge >= 0.3 is 5.97 Å². The highest BCUT2D eigenvalue weighted by Crippen LogP contribution is 2.27. The lowest BCUT2D eigenvalue weighted by Crippen LogP contribution is -2.53. The van der Waals surface area contributed by atoms with Crippen molar-refractivity contribution in [3.63, 3.8) is 0 Å². The molecule has 1 amide bonds. The summed E-state index contributed by atoms with van der Waals surface area (Å²) >= 11 is 0. The maximum atomic E-state index is 13.4. The fourth-order valence-electron chi connectivity index (χ4n) is 4.02. The average molecular weight is 364 g/mol. The predicted octanol–water partition coefficient (Wildman–Crippen LogP) is 2.28. The van der Waals surface area contributed by atoms with Gasteiger partial charge in [0.25, 0.3) is 0 Å². The number of esters is 1. The van der Waals surface area contributed by atoms with Gasteiger partial charge < -0.3 is 9.64 Å². The third-order valence-electron chi connectivity index (χ3n) is 5.49. The summed E-state index contributed by atoms with van der Waals surface area (Å²) in [6, 6.07) is 19.8. The highest BCUT2D eigenvalue weighted by Gasteiger charge is 2.36. The van der Waals surface area contributed by atoms with E-state index >= 15 is 0 Å². The lowest BCUT2D eigenvalue weighted by molar-refractivity contribution is -0.143. The number of hydrogen-bond acceptors (Lipinski definition) is 4. The summed E-state index contributed by atoms with van der Waals surface area (Å²) in [4.78, 5) is 29.3. The van der Waals surface area contributed by atoms with Crippen molar-refractivity contribution < 1.29 is 14.3 Å². The summed E-state index contributed by atoms with van der Waals surface area (Å²) in [6.07, 6.45) is 0.753. The Labute approximate surface area is 159 Å². The summed E-state index contributed by atoms with van der Waals surface area (Å²) < 4.78 is 5.09. The lowest BCUT2D eigenvalue weighted by Gasteiger charge is -2.38. The molecule has 0 spiro atoms. The zero-order valence-corrected chi connectivity index (χ0v) is 15.3. The van der Waals surface area contributed by atoms with E-state index in [9.17, 15) is 9.59 Å². The second kappa shape index (κ2) is 7.92. The van der Waals surface area contributed by atoms with Crippen molar-refractivity contribution in [3.05, 3.63) is 71.8 Å². The Morgan fingerprint density at radius 2 is 1.44 bits per heavy atom. The molecule has 0 saturated carbocycles. The van der Waals surface area contributed by atoms with Gasteiger partial charge in [0.15, 0.2) is 0 Å². The number of piperazine rings is 1. The first-order valence-corrected chi connectivity index (χ1v) is 9.53. The number of ether oxygens (including phenoxy) is 1. The Kier molecular flexibility index (Phi) is 5.21. The highest BCUT2D eigenvalue weighted by atomic mass is 16.5. The van der Waals surface area contributed by atoms with E-state index in [-0.39, 0.29) is 23.8 Å². The van der Waals surface area contributed by atoms with Gasteiger partial charge in [-0.05, 0) is 11.1 Å². The number of carbonyl (C=O) groups is 2. The minimum atomic E-state index is -0.296. The molecule has 140 valence electrons. The van der Waals surface area contributed by atoms with E-state index in [4.69, 9.17) is 4.74 Å². The zero-order chi connectivity index (χ0) is 18.6. The van der Waals surface area contributed by atoms with Crippen LogP contribution >= 0.6 is 0 Å². The molecule has 0 bridgehead atoms. The first-order valence-electron chi connectivity index (χ1n) is 9.53. The Balaban J connectivity index is 1.50. The fraction of sp³-hybridized carbons (Fsp3) is 0.364. The standard InChI is InChI=1S/C22H24N2O3/c25-21(24-14-12-23(13-15-24)19-11-16-27-22(19)26)20(17-7-3-1-4-8-17)18-9-5-2-6-10-18/h1-10,19-20H,11-16H2/t19-/m0/s1. The summed E-state index contributed by atoms with van der Waals surface area (Å²) in [5.41, 5.74) is 2.02. The molecule has 2 aromatic carbocycles. The van der Waals surface area contributed by atoms with Gasteiger partial charge in [0, 0.05) is 32.6 Å². The van der Waals surface area contributed by atoms with E-state index in [0.29, 0.717) is 32.8 Å². The topological polar surface area (TPSA) is 49.9 Å². The van der Waals surface area contributed by atoms with Crippen molar-refractivity contribution in [2.75, 3.05) is 32.8 Å². The summed E-state index contributed by atoms with van der Waals surface area (Å²) in [7, 11) is 0. The van der Waals surface area contributed by atoms with Gasteiger partial charge in [-0.2, -0.15) is 0 Å². The minimum Gasteiger partial charge on any atom is -0.464 e. The van der Waals surface area contributed by atoms with Crippen LogP contribution in [0.2, 0.25) is 0 Å². The summed E-state index contributed by atoms with van der Waals surface area (Å²) in [6.45, 7) is 3.20. The number of carbonyl (C=O) groups excluding carboxylic acids is 2. The summed E-state index contributed by atoms with van der Waals surface area (Å²) in [5.74, 6) is -0.294. The van der Waals surface area contributed by atoms with Gasteiger partial charge in [-0.25, -0.2) is 0 Å². The average Bonchev–Trinajstić information content (AvgIpc) is 3.16. The molecule has 0 N–H and O–H groups in total. The first-order chi connectivity index (χ1) is 13.2. The van der Waals surface area contributed by atoms with Gasteiger partial charge in [0.2, 0.25) is 5.91 Å². The van der Waals surface area contributed by atoms with Crippen LogP contribution in [0.4, 0.5) is 0 Å². The molecule has 1 atom stereocenters.